The van der Waals surface area contributed by atoms with Crippen molar-refractivity contribution in [2.45, 2.75) is 31.7 Å². The van der Waals surface area contributed by atoms with Gasteiger partial charge in [-0.25, -0.2) is 9.59 Å². The molecular weight excluding hydrogens is 334 g/mol. The Kier molecular flexibility index (Phi) is 8.72. The zero-order valence-corrected chi connectivity index (χ0v) is 13.6. The molecule has 138 valence electrons. The first-order valence-corrected chi connectivity index (χ1v) is 7.70. The molecule has 0 bridgehead atoms. The first-order chi connectivity index (χ1) is 11.9. The number of amides is 1. The summed E-state index contributed by atoms with van der Waals surface area (Å²) in [4.78, 5) is 37.3. The highest BCUT2D eigenvalue weighted by atomic mass is 16.9. The zero-order chi connectivity index (χ0) is 18.7. The number of nitrogens with one attached hydrogen (secondary N) is 1. The van der Waals surface area contributed by atoms with Crippen LogP contribution in [0.15, 0.2) is 24.3 Å². The summed E-state index contributed by atoms with van der Waals surface area (Å²) in [5.41, 5.74) is 6.03. The molecule has 0 heterocycles. The summed E-state index contributed by atoms with van der Waals surface area (Å²) >= 11 is 0. The lowest BCUT2D eigenvalue weighted by Crippen LogP contribution is -2.42. The SMILES string of the molecule is NCCCCC(NC(=O)Oc1cccc(CCO[N+](=O)[O-])c1)C(=O)O. The van der Waals surface area contributed by atoms with Crippen molar-refractivity contribution >= 4 is 12.1 Å². The van der Waals surface area contributed by atoms with Crippen LogP contribution in [0.25, 0.3) is 0 Å². The van der Waals surface area contributed by atoms with Gasteiger partial charge in [0.1, 0.15) is 18.4 Å². The molecule has 1 atom stereocenters. The highest BCUT2D eigenvalue weighted by molar-refractivity contribution is 5.80. The predicted molar refractivity (Wildman–Crippen MR) is 86.6 cm³/mol. The van der Waals surface area contributed by atoms with E-state index in [1.165, 1.54) is 12.1 Å². The third-order valence-corrected chi connectivity index (χ3v) is 3.23. The van der Waals surface area contributed by atoms with Gasteiger partial charge in [0.05, 0.1) is 0 Å². The highest BCUT2D eigenvalue weighted by Gasteiger charge is 2.20. The Bertz CT molecular complexity index is 594. The second kappa shape index (κ2) is 10.8. The summed E-state index contributed by atoms with van der Waals surface area (Å²) in [6, 6.07) is 5.28. The van der Waals surface area contributed by atoms with Gasteiger partial charge in [0.25, 0.3) is 5.09 Å². The maximum absolute atomic E-state index is 11.8. The molecular formula is C15H21N3O7. The smallest absolute Gasteiger partial charge is 0.413 e. The van der Waals surface area contributed by atoms with E-state index in [-0.39, 0.29) is 25.2 Å². The van der Waals surface area contributed by atoms with E-state index in [1.54, 1.807) is 12.1 Å². The van der Waals surface area contributed by atoms with E-state index < -0.39 is 23.2 Å². The van der Waals surface area contributed by atoms with Gasteiger partial charge in [0.2, 0.25) is 0 Å². The number of hydrogen-bond donors (Lipinski definition) is 3. The minimum atomic E-state index is -1.15. The average Bonchev–Trinajstić information content (AvgIpc) is 2.54. The standard InChI is InChI=1S/C15H21N3O7/c16-8-2-1-6-13(14(19)20)17-15(21)25-12-5-3-4-11(10-12)7-9-24-18(22)23/h3-5,10,13H,1-2,6-9,16H2,(H,17,21)(H,19,20). The molecule has 1 aromatic rings. The Morgan fingerprint density at radius 2 is 2.12 bits per heavy atom. The number of carbonyl (C=O) groups excluding carboxylic acids is 1. The second-order valence-electron chi connectivity index (χ2n) is 5.16. The van der Waals surface area contributed by atoms with Gasteiger partial charge in [-0.2, -0.15) is 0 Å². The Balaban J connectivity index is 2.54. The first-order valence-electron chi connectivity index (χ1n) is 7.70. The molecule has 1 rings (SSSR count). The largest absolute Gasteiger partial charge is 0.480 e. The van der Waals surface area contributed by atoms with Gasteiger partial charge in [0, 0.05) is 0 Å². The summed E-state index contributed by atoms with van der Waals surface area (Å²) in [5.74, 6) is -0.957. The molecule has 0 aliphatic rings. The number of aliphatic carboxylic acids is 1. The van der Waals surface area contributed by atoms with Gasteiger partial charge in [-0.3, -0.25) is 0 Å². The fourth-order valence-corrected chi connectivity index (χ4v) is 2.03. The molecule has 4 N–H and O–H groups in total. The Morgan fingerprint density at radius 3 is 2.76 bits per heavy atom. The number of carbonyl (C=O) groups is 2. The summed E-state index contributed by atoms with van der Waals surface area (Å²) < 4.78 is 5.06. The molecule has 1 amide bonds. The van der Waals surface area contributed by atoms with Crippen LogP contribution in [0.4, 0.5) is 4.79 Å². The van der Waals surface area contributed by atoms with Crippen LogP contribution in [0.3, 0.4) is 0 Å². The van der Waals surface area contributed by atoms with Gasteiger partial charge in [-0.15, -0.1) is 10.1 Å². The van der Waals surface area contributed by atoms with Crippen LogP contribution in [0.1, 0.15) is 24.8 Å². The van der Waals surface area contributed by atoms with Crippen LogP contribution in [0.5, 0.6) is 5.75 Å². The van der Waals surface area contributed by atoms with Gasteiger partial charge in [-0.1, -0.05) is 12.1 Å². The van der Waals surface area contributed by atoms with Crippen LogP contribution in [0, 0.1) is 10.1 Å². The van der Waals surface area contributed by atoms with E-state index in [9.17, 15) is 19.7 Å². The molecule has 0 radical (unpaired) electrons. The van der Waals surface area contributed by atoms with Crippen LogP contribution < -0.4 is 15.8 Å². The lowest BCUT2D eigenvalue weighted by molar-refractivity contribution is -0.757. The lowest BCUT2D eigenvalue weighted by Gasteiger charge is -2.14. The van der Waals surface area contributed by atoms with Crippen LogP contribution in [-0.4, -0.2) is 41.4 Å². The van der Waals surface area contributed by atoms with Gasteiger partial charge < -0.3 is 25.7 Å². The molecule has 1 aromatic carbocycles. The minimum Gasteiger partial charge on any atom is -0.480 e. The molecule has 10 nitrogen and oxygen atoms in total. The number of rotatable bonds is 11. The van der Waals surface area contributed by atoms with Gasteiger partial charge in [-0.05, 0) is 49.9 Å². The van der Waals surface area contributed by atoms with Crippen molar-refractivity contribution in [3.63, 3.8) is 0 Å². The number of carboxylic acids is 1. The van der Waals surface area contributed by atoms with E-state index in [0.717, 1.165) is 0 Å². The Labute approximate surface area is 144 Å². The molecule has 10 heteroatoms. The molecule has 0 aliphatic carbocycles. The zero-order valence-electron chi connectivity index (χ0n) is 13.6. The number of benzene rings is 1. The van der Waals surface area contributed by atoms with Crippen LogP contribution in [0.2, 0.25) is 0 Å². The van der Waals surface area contributed by atoms with Gasteiger partial charge >= 0.3 is 12.1 Å². The molecule has 0 aromatic heterocycles. The minimum absolute atomic E-state index is 0.120. The normalized spacial score (nSPS) is 11.4. The Hall–Kier alpha value is -2.88. The third kappa shape index (κ3) is 8.51. The lowest BCUT2D eigenvalue weighted by atomic mass is 10.1. The predicted octanol–water partition coefficient (Wildman–Crippen LogP) is 1.11. The van der Waals surface area contributed by atoms with Crippen molar-refractivity contribution in [3.8, 4) is 5.75 Å². The van der Waals surface area contributed by atoms with Crippen molar-refractivity contribution in [2.24, 2.45) is 5.73 Å². The van der Waals surface area contributed by atoms with E-state index in [2.05, 4.69) is 10.2 Å². The number of hydrogen-bond acceptors (Lipinski definition) is 7. The third-order valence-electron chi connectivity index (χ3n) is 3.23. The fraction of sp³-hybridized carbons (Fsp3) is 0.467. The van der Waals surface area contributed by atoms with Crippen molar-refractivity contribution in [1.82, 2.24) is 5.32 Å². The van der Waals surface area contributed by atoms with E-state index in [4.69, 9.17) is 15.6 Å². The van der Waals surface area contributed by atoms with Crippen molar-refractivity contribution < 1.29 is 29.4 Å². The fourth-order valence-electron chi connectivity index (χ4n) is 2.03. The van der Waals surface area contributed by atoms with Crippen molar-refractivity contribution in [1.29, 1.82) is 0 Å². The molecule has 0 saturated carbocycles. The number of ether oxygens (including phenoxy) is 1. The summed E-state index contributed by atoms with van der Waals surface area (Å²) in [6.45, 7) is 0.328. The number of unbranched alkanes of at least 4 members (excludes halogenated alkanes) is 1. The topological polar surface area (TPSA) is 154 Å². The quantitative estimate of drug-likeness (QED) is 0.303. The summed E-state index contributed by atoms with van der Waals surface area (Å²) in [7, 11) is 0. The molecule has 0 saturated heterocycles. The van der Waals surface area contributed by atoms with Crippen LogP contribution in [-0.2, 0) is 16.1 Å². The molecule has 0 spiro atoms. The number of nitrogens with two attached hydrogens (primary N) is 1. The summed E-state index contributed by atoms with van der Waals surface area (Å²) in [5, 5.41) is 20.6. The van der Waals surface area contributed by atoms with Crippen LogP contribution >= 0.6 is 0 Å². The van der Waals surface area contributed by atoms with E-state index in [0.29, 0.717) is 24.9 Å². The molecule has 0 fully saturated rings. The monoisotopic (exact) mass is 355 g/mol. The number of nitrogens with zero attached hydrogens (tertiary/aromatic N) is 1. The Morgan fingerprint density at radius 1 is 1.36 bits per heavy atom. The summed E-state index contributed by atoms with van der Waals surface area (Å²) in [6.07, 6.45) is 0.851. The average molecular weight is 355 g/mol. The molecule has 25 heavy (non-hydrogen) atoms. The highest BCUT2D eigenvalue weighted by Crippen LogP contribution is 2.14. The van der Waals surface area contributed by atoms with Crippen molar-refractivity contribution in [3.05, 3.63) is 39.9 Å². The van der Waals surface area contributed by atoms with Gasteiger partial charge in [0.15, 0.2) is 0 Å². The van der Waals surface area contributed by atoms with E-state index in [1.807, 2.05) is 0 Å². The van der Waals surface area contributed by atoms with Crippen molar-refractivity contribution in [2.75, 3.05) is 13.2 Å². The first kappa shape index (κ1) is 20.2. The van der Waals surface area contributed by atoms with E-state index >= 15 is 0 Å². The second-order valence-corrected chi connectivity index (χ2v) is 5.16. The maximum atomic E-state index is 11.8. The maximum Gasteiger partial charge on any atom is 0.413 e. The molecule has 0 aliphatic heterocycles. The molecule has 1 unspecified atom stereocenters. The number of carboxylic acid groups (broad SMARTS) is 1.